The predicted molar refractivity (Wildman–Crippen MR) is 95.3 cm³/mol. The Hall–Kier alpha value is -2.53. The van der Waals surface area contributed by atoms with Crippen LogP contribution in [-0.4, -0.2) is 29.1 Å². The topological polar surface area (TPSA) is 56.2 Å². The van der Waals surface area contributed by atoms with Gasteiger partial charge in [0.05, 0.1) is 23.8 Å². The van der Waals surface area contributed by atoms with Crippen LogP contribution in [0, 0.1) is 0 Å². The number of nitrogens with one attached hydrogen (secondary N) is 1. The van der Waals surface area contributed by atoms with Crippen molar-refractivity contribution in [3.8, 4) is 11.4 Å². The molecule has 124 valence electrons. The summed E-state index contributed by atoms with van der Waals surface area (Å²) in [5, 5.41) is 3.48. The average molecular weight is 344 g/mol. The molecular weight excluding hydrogens is 326 g/mol. The van der Waals surface area contributed by atoms with Gasteiger partial charge in [-0.25, -0.2) is 4.98 Å². The van der Waals surface area contributed by atoms with Crippen LogP contribution in [0.15, 0.2) is 42.7 Å². The highest BCUT2D eigenvalue weighted by Gasteiger charge is 2.12. The molecule has 24 heavy (non-hydrogen) atoms. The van der Waals surface area contributed by atoms with Crippen molar-refractivity contribution < 1.29 is 9.53 Å². The minimum atomic E-state index is -0.0892. The third-order valence-electron chi connectivity index (χ3n) is 3.75. The number of benzene rings is 2. The van der Waals surface area contributed by atoms with E-state index < -0.39 is 0 Å². The summed E-state index contributed by atoms with van der Waals surface area (Å²) in [6.07, 6.45) is 2.60. The lowest BCUT2D eigenvalue weighted by Gasteiger charge is -2.11. The minimum Gasteiger partial charge on any atom is -0.495 e. The van der Waals surface area contributed by atoms with Crippen molar-refractivity contribution in [2.75, 3.05) is 13.7 Å². The molecular formula is C18H18ClN3O2. The third kappa shape index (κ3) is 3.08. The van der Waals surface area contributed by atoms with Crippen molar-refractivity contribution in [1.82, 2.24) is 14.9 Å². The molecule has 0 spiro atoms. The van der Waals surface area contributed by atoms with Crippen molar-refractivity contribution in [2.45, 2.75) is 13.3 Å². The third-order valence-corrected chi connectivity index (χ3v) is 3.98. The SMILES string of the molecule is CCCNC(=O)c1ccc2c(c1)ncn2-c1cc(Cl)ccc1OC. The molecule has 1 amide bonds. The zero-order valence-electron chi connectivity index (χ0n) is 13.5. The number of hydrogen-bond acceptors (Lipinski definition) is 3. The highest BCUT2D eigenvalue weighted by molar-refractivity contribution is 6.30. The lowest BCUT2D eigenvalue weighted by Crippen LogP contribution is -2.23. The second-order valence-electron chi connectivity index (χ2n) is 5.39. The van der Waals surface area contributed by atoms with Crippen LogP contribution in [0.4, 0.5) is 0 Å². The van der Waals surface area contributed by atoms with Crippen LogP contribution in [0.5, 0.6) is 5.75 Å². The van der Waals surface area contributed by atoms with Gasteiger partial charge in [-0.15, -0.1) is 0 Å². The fourth-order valence-electron chi connectivity index (χ4n) is 2.54. The molecule has 0 saturated carbocycles. The molecule has 1 aromatic heterocycles. The molecule has 6 heteroatoms. The molecule has 0 radical (unpaired) electrons. The zero-order chi connectivity index (χ0) is 17.1. The summed E-state index contributed by atoms with van der Waals surface area (Å²) >= 11 is 6.11. The minimum absolute atomic E-state index is 0.0892. The van der Waals surface area contributed by atoms with Gasteiger partial charge in [0, 0.05) is 17.1 Å². The fraction of sp³-hybridized carbons (Fsp3) is 0.222. The van der Waals surface area contributed by atoms with Gasteiger partial charge in [-0.2, -0.15) is 0 Å². The number of nitrogens with zero attached hydrogens (tertiary/aromatic N) is 2. The van der Waals surface area contributed by atoms with Crippen LogP contribution in [0.3, 0.4) is 0 Å². The molecule has 3 rings (SSSR count). The van der Waals surface area contributed by atoms with E-state index in [1.165, 1.54) is 0 Å². The van der Waals surface area contributed by atoms with Gasteiger partial charge < -0.3 is 10.1 Å². The Kier molecular flexibility index (Phi) is 4.71. The maximum Gasteiger partial charge on any atom is 0.251 e. The van der Waals surface area contributed by atoms with Crippen LogP contribution in [-0.2, 0) is 0 Å². The molecule has 0 aliphatic rings. The summed E-state index contributed by atoms with van der Waals surface area (Å²) in [6.45, 7) is 2.68. The van der Waals surface area contributed by atoms with Gasteiger partial charge in [-0.05, 0) is 42.8 Å². The Labute approximate surface area is 145 Å². The number of aromatic nitrogens is 2. The van der Waals surface area contributed by atoms with E-state index in [1.54, 1.807) is 31.6 Å². The number of rotatable bonds is 5. The van der Waals surface area contributed by atoms with E-state index >= 15 is 0 Å². The van der Waals surface area contributed by atoms with E-state index in [4.69, 9.17) is 16.3 Å². The first-order chi connectivity index (χ1) is 11.6. The van der Waals surface area contributed by atoms with Crippen LogP contribution >= 0.6 is 11.6 Å². The maximum atomic E-state index is 12.1. The number of amides is 1. The predicted octanol–water partition coefficient (Wildman–Crippen LogP) is 3.83. The Morgan fingerprint density at radius 2 is 2.12 bits per heavy atom. The summed E-state index contributed by atoms with van der Waals surface area (Å²) in [5.74, 6) is 0.608. The normalized spacial score (nSPS) is 10.8. The van der Waals surface area contributed by atoms with Crippen LogP contribution < -0.4 is 10.1 Å². The molecule has 3 aromatic rings. The Morgan fingerprint density at radius 1 is 1.29 bits per heavy atom. The molecule has 1 N–H and O–H groups in total. The van der Waals surface area contributed by atoms with Crippen LogP contribution in [0.25, 0.3) is 16.7 Å². The molecule has 0 atom stereocenters. The first-order valence-corrected chi connectivity index (χ1v) is 8.11. The Morgan fingerprint density at radius 3 is 2.88 bits per heavy atom. The smallest absolute Gasteiger partial charge is 0.251 e. The van der Waals surface area contributed by atoms with Crippen molar-refractivity contribution in [1.29, 1.82) is 0 Å². The summed E-state index contributed by atoms with van der Waals surface area (Å²) < 4.78 is 7.30. The number of carbonyl (C=O) groups excluding carboxylic acids is 1. The van der Waals surface area contributed by atoms with Crippen molar-refractivity contribution >= 4 is 28.5 Å². The Bertz CT molecular complexity index is 889. The quantitative estimate of drug-likeness (QED) is 0.766. The summed E-state index contributed by atoms with van der Waals surface area (Å²) in [4.78, 5) is 16.5. The van der Waals surface area contributed by atoms with Gasteiger partial charge in [0.1, 0.15) is 12.1 Å². The first-order valence-electron chi connectivity index (χ1n) is 7.73. The first kappa shape index (κ1) is 16.3. The van der Waals surface area contributed by atoms with Crippen LogP contribution in [0.1, 0.15) is 23.7 Å². The van der Waals surface area contributed by atoms with E-state index in [1.807, 2.05) is 29.7 Å². The molecule has 1 heterocycles. The number of ether oxygens (including phenoxy) is 1. The van der Waals surface area contributed by atoms with Gasteiger partial charge in [0.2, 0.25) is 0 Å². The highest BCUT2D eigenvalue weighted by Crippen LogP contribution is 2.29. The Balaban J connectivity index is 2.03. The fourth-order valence-corrected chi connectivity index (χ4v) is 2.70. The molecule has 2 aromatic carbocycles. The number of halogens is 1. The van der Waals surface area contributed by atoms with E-state index in [2.05, 4.69) is 10.3 Å². The van der Waals surface area contributed by atoms with Gasteiger partial charge in [0.25, 0.3) is 5.91 Å². The number of fused-ring (bicyclic) bond motifs is 1. The van der Waals surface area contributed by atoms with E-state index in [0.29, 0.717) is 22.9 Å². The van der Waals surface area contributed by atoms with E-state index in [9.17, 15) is 4.79 Å². The molecule has 0 fully saturated rings. The highest BCUT2D eigenvalue weighted by atomic mass is 35.5. The molecule has 0 saturated heterocycles. The van der Waals surface area contributed by atoms with E-state index in [0.717, 1.165) is 23.1 Å². The van der Waals surface area contributed by atoms with Crippen LogP contribution in [0.2, 0.25) is 5.02 Å². The molecule has 0 aliphatic heterocycles. The van der Waals surface area contributed by atoms with E-state index in [-0.39, 0.29) is 5.91 Å². The van der Waals surface area contributed by atoms with Crippen molar-refractivity contribution in [3.05, 3.63) is 53.3 Å². The molecule has 0 unspecified atom stereocenters. The largest absolute Gasteiger partial charge is 0.495 e. The lowest BCUT2D eigenvalue weighted by molar-refractivity contribution is 0.0954. The number of methoxy groups -OCH3 is 1. The van der Waals surface area contributed by atoms with Crippen molar-refractivity contribution in [3.63, 3.8) is 0 Å². The van der Waals surface area contributed by atoms with Gasteiger partial charge in [-0.3, -0.25) is 9.36 Å². The zero-order valence-corrected chi connectivity index (χ0v) is 14.3. The number of carbonyl (C=O) groups is 1. The maximum absolute atomic E-state index is 12.1. The van der Waals surface area contributed by atoms with Gasteiger partial charge >= 0.3 is 0 Å². The summed E-state index contributed by atoms with van der Waals surface area (Å²) in [6, 6.07) is 10.9. The lowest BCUT2D eigenvalue weighted by atomic mass is 10.2. The second kappa shape index (κ2) is 6.93. The molecule has 5 nitrogen and oxygen atoms in total. The summed E-state index contributed by atoms with van der Waals surface area (Å²) in [5.41, 5.74) is 3.01. The molecule has 0 bridgehead atoms. The standard InChI is InChI=1S/C18H18ClN3O2/c1-3-8-20-18(23)12-4-6-15-14(9-12)21-11-22(15)16-10-13(19)5-7-17(16)24-2/h4-7,9-11H,3,8H2,1-2H3,(H,20,23). The van der Waals surface area contributed by atoms with Crippen molar-refractivity contribution in [2.24, 2.45) is 0 Å². The number of hydrogen-bond donors (Lipinski definition) is 1. The number of imidazole rings is 1. The molecule has 0 aliphatic carbocycles. The monoisotopic (exact) mass is 343 g/mol. The second-order valence-corrected chi connectivity index (χ2v) is 5.83. The van der Waals surface area contributed by atoms with Gasteiger partial charge in [-0.1, -0.05) is 18.5 Å². The van der Waals surface area contributed by atoms with Gasteiger partial charge in [0.15, 0.2) is 0 Å². The summed E-state index contributed by atoms with van der Waals surface area (Å²) in [7, 11) is 1.61. The average Bonchev–Trinajstić information content (AvgIpc) is 3.02.